The van der Waals surface area contributed by atoms with Crippen molar-refractivity contribution in [2.45, 2.75) is 157 Å². The van der Waals surface area contributed by atoms with Gasteiger partial charge in [-0.2, -0.15) is 0 Å². The number of hydrogen-bond donors (Lipinski definition) is 0. The van der Waals surface area contributed by atoms with Gasteiger partial charge in [0.1, 0.15) is 0 Å². The SMILES string of the molecule is CC(C)(C)c1cc(N2c3cc(C(C)(C)C)ccc3B3c4ccc(C(C)(C)C)cc4N(c4cc(C(C)(C)C)cc(C(C)(C)C)c4)c4cc(-c5cc(-c6ccccc6)nc(-c6ccccc6)n5)cc2c43)cc(C(C)(C)C)c1. The molecule has 7 aromatic carbocycles. The number of anilines is 6. The van der Waals surface area contributed by atoms with Gasteiger partial charge in [0.05, 0.1) is 11.4 Å². The van der Waals surface area contributed by atoms with Crippen LogP contribution in [0.4, 0.5) is 34.1 Å². The van der Waals surface area contributed by atoms with Crippen molar-refractivity contribution in [1.29, 1.82) is 0 Å². The van der Waals surface area contributed by atoms with Crippen LogP contribution in [0.3, 0.4) is 0 Å². The third-order valence-electron chi connectivity index (χ3n) is 15.7. The lowest BCUT2D eigenvalue weighted by Gasteiger charge is -2.45. The van der Waals surface area contributed by atoms with Crippen LogP contribution in [0.2, 0.25) is 0 Å². The van der Waals surface area contributed by atoms with Crippen molar-refractivity contribution in [1.82, 2.24) is 9.97 Å². The molecule has 1 aromatic heterocycles. The van der Waals surface area contributed by atoms with Gasteiger partial charge < -0.3 is 9.80 Å². The Morgan fingerprint density at radius 3 is 1.01 bits per heavy atom. The lowest BCUT2D eigenvalue weighted by Crippen LogP contribution is -2.61. The Bertz CT molecular complexity index is 3200. The molecule has 0 spiro atoms. The summed E-state index contributed by atoms with van der Waals surface area (Å²) in [5, 5.41) is 0. The van der Waals surface area contributed by atoms with Crippen LogP contribution < -0.4 is 26.2 Å². The zero-order valence-electron chi connectivity index (χ0n) is 48.3. The van der Waals surface area contributed by atoms with E-state index in [1.165, 1.54) is 72.5 Å². The van der Waals surface area contributed by atoms with Gasteiger partial charge in [-0.1, -0.05) is 222 Å². The molecule has 0 saturated heterocycles. The summed E-state index contributed by atoms with van der Waals surface area (Å²) in [5.74, 6) is 0.700. The van der Waals surface area contributed by atoms with Gasteiger partial charge in [0.25, 0.3) is 6.71 Å². The van der Waals surface area contributed by atoms with Crippen LogP contribution in [0.25, 0.3) is 33.9 Å². The van der Waals surface area contributed by atoms with Crippen molar-refractivity contribution in [3.63, 3.8) is 0 Å². The van der Waals surface area contributed by atoms with Crippen molar-refractivity contribution in [2.75, 3.05) is 9.80 Å². The Labute approximate surface area is 450 Å². The lowest BCUT2D eigenvalue weighted by molar-refractivity contribution is 0.568. The number of benzene rings is 7. The van der Waals surface area contributed by atoms with Gasteiger partial charge in [-0.25, -0.2) is 9.97 Å². The number of rotatable bonds is 5. The highest BCUT2D eigenvalue weighted by Gasteiger charge is 2.45. The van der Waals surface area contributed by atoms with Gasteiger partial charge in [0.15, 0.2) is 5.82 Å². The van der Waals surface area contributed by atoms with E-state index in [0.717, 1.165) is 39.5 Å². The zero-order valence-corrected chi connectivity index (χ0v) is 48.3. The maximum absolute atomic E-state index is 5.58. The Balaban J connectivity index is 1.41. The maximum Gasteiger partial charge on any atom is 0.252 e. The summed E-state index contributed by atoms with van der Waals surface area (Å²) in [6, 6.07) is 57.7. The van der Waals surface area contributed by atoms with Gasteiger partial charge in [-0.05, 0) is 137 Å². The van der Waals surface area contributed by atoms with Crippen LogP contribution in [0.5, 0.6) is 0 Å². The summed E-state index contributed by atoms with van der Waals surface area (Å²) in [7, 11) is 0. The quantitative estimate of drug-likeness (QED) is 0.161. The van der Waals surface area contributed by atoms with Crippen LogP contribution >= 0.6 is 0 Å². The van der Waals surface area contributed by atoms with E-state index in [9.17, 15) is 0 Å². The summed E-state index contributed by atoms with van der Waals surface area (Å²) >= 11 is 0. The predicted octanol–water partition coefficient (Wildman–Crippen LogP) is 17.3. The molecule has 8 aromatic rings. The molecule has 0 radical (unpaired) electrons. The van der Waals surface area contributed by atoms with Crippen molar-refractivity contribution in [3.8, 4) is 33.9 Å². The van der Waals surface area contributed by atoms with E-state index in [-0.39, 0.29) is 39.2 Å². The van der Waals surface area contributed by atoms with Crippen molar-refractivity contribution in [2.24, 2.45) is 0 Å². The fourth-order valence-electron chi connectivity index (χ4n) is 10.9. The molecule has 382 valence electrons. The van der Waals surface area contributed by atoms with E-state index in [2.05, 4.69) is 286 Å². The van der Waals surface area contributed by atoms with E-state index >= 15 is 0 Å². The number of hydrogen-bond acceptors (Lipinski definition) is 4. The molecule has 0 saturated carbocycles. The van der Waals surface area contributed by atoms with Gasteiger partial charge >= 0.3 is 0 Å². The van der Waals surface area contributed by atoms with Crippen molar-refractivity contribution < 1.29 is 0 Å². The highest BCUT2D eigenvalue weighted by Crippen LogP contribution is 2.50. The van der Waals surface area contributed by atoms with E-state index < -0.39 is 0 Å². The predicted molar refractivity (Wildman–Crippen MR) is 325 cm³/mol. The van der Waals surface area contributed by atoms with Crippen molar-refractivity contribution in [3.05, 3.63) is 185 Å². The molecule has 0 N–H and O–H groups in total. The number of fused-ring (bicyclic) bond motifs is 4. The molecule has 0 aliphatic carbocycles. The summed E-state index contributed by atoms with van der Waals surface area (Å²) in [6.45, 7) is 42.2. The molecule has 3 heterocycles. The van der Waals surface area contributed by atoms with Crippen LogP contribution in [-0.2, 0) is 32.5 Å². The van der Waals surface area contributed by atoms with Gasteiger partial charge in [-0.3, -0.25) is 0 Å². The second-order valence-corrected chi connectivity index (χ2v) is 27.8. The minimum atomic E-state index is -0.0995. The molecular weight excluding hydrogens is 908 g/mol. The molecule has 2 aliphatic rings. The van der Waals surface area contributed by atoms with Gasteiger partial charge in [-0.15, -0.1) is 0 Å². The molecule has 5 heteroatoms. The van der Waals surface area contributed by atoms with Gasteiger partial charge in [0.2, 0.25) is 0 Å². The van der Waals surface area contributed by atoms with Crippen LogP contribution in [0.15, 0.2) is 152 Å². The summed E-state index contributed by atoms with van der Waals surface area (Å²) in [5.41, 5.74) is 23.1. The molecule has 0 amide bonds. The number of nitrogens with zero attached hydrogens (tertiary/aromatic N) is 4. The molecule has 0 atom stereocenters. The third-order valence-corrected chi connectivity index (χ3v) is 15.7. The first-order valence-electron chi connectivity index (χ1n) is 27.3. The Morgan fingerprint density at radius 2 is 0.653 bits per heavy atom. The van der Waals surface area contributed by atoms with Gasteiger partial charge in [0, 0.05) is 50.8 Å². The minimum absolute atomic E-state index is 0.0597. The normalized spacial score (nSPS) is 13.9. The zero-order chi connectivity index (χ0) is 53.9. The molecule has 0 bridgehead atoms. The van der Waals surface area contributed by atoms with E-state index in [1.807, 2.05) is 0 Å². The van der Waals surface area contributed by atoms with E-state index in [4.69, 9.17) is 9.97 Å². The van der Waals surface area contributed by atoms with E-state index in [1.54, 1.807) is 0 Å². The van der Waals surface area contributed by atoms with Crippen LogP contribution in [-0.4, -0.2) is 16.7 Å². The standard InChI is InChI=1S/C70H79BN4/c1-65(2,3)47-29-31-55-59(41-47)74(53-37-49(67(7,8)9)35-50(38-53)68(10,11)12)61-33-46(58-43-57(44-25-21-19-22-26-44)72-64(73-58)45-27-23-20-24-28-45)34-62-63(61)71(55)56-32-30-48(66(4,5)6)42-60(56)75(62)54-39-51(69(13,14)15)36-52(40-54)70(16,17)18/h19-43H,1-18H3. The molecular formula is C70H79BN4. The van der Waals surface area contributed by atoms with Crippen LogP contribution in [0, 0.1) is 0 Å². The Kier molecular flexibility index (Phi) is 12.4. The molecule has 4 nitrogen and oxygen atoms in total. The van der Waals surface area contributed by atoms with Crippen LogP contribution in [0.1, 0.15) is 158 Å². The van der Waals surface area contributed by atoms with E-state index in [0.29, 0.717) is 5.82 Å². The third kappa shape index (κ3) is 9.77. The number of aromatic nitrogens is 2. The molecule has 0 fully saturated rings. The Morgan fingerprint density at radius 1 is 0.307 bits per heavy atom. The average Bonchev–Trinajstić information content (AvgIpc) is 3.35. The first-order valence-corrected chi connectivity index (χ1v) is 27.3. The highest BCUT2D eigenvalue weighted by molar-refractivity contribution is 7.00. The summed E-state index contributed by atoms with van der Waals surface area (Å²) < 4.78 is 0. The molecule has 2 aliphatic heterocycles. The molecule has 10 rings (SSSR count). The highest BCUT2D eigenvalue weighted by atomic mass is 15.2. The Hall–Kier alpha value is -6.72. The first kappa shape index (κ1) is 51.8. The summed E-state index contributed by atoms with van der Waals surface area (Å²) in [4.78, 5) is 16.1. The second-order valence-electron chi connectivity index (χ2n) is 27.8. The molecule has 75 heavy (non-hydrogen) atoms. The average molecular weight is 987 g/mol. The maximum atomic E-state index is 5.58. The van der Waals surface area contributed by atoms with Crippen molar-refractivity contribution >= 4 is 57.2 Å². The first-order chi connectivity index (χ1) is 34.9. The molecule has 0 unspecified atom stereocenters. The minimum Gasteiger partial charge on any atom is -0.311 e. The lowest BCUT2D eigenvalue weighted by atomic mass is 9.33. The largest absolute Gasteiger partial charge is 0.311 e. The smallest absolute Gasteiger partial charge is 0.252 e. The monoisotopic (exact) mass is 987 g/mol. The fraction of sp³-hybridized carbons (Fsp3) is 0.343. The fourth-order valence-corrected chi connectivity index (χ4v) is 10.9. The second kappa shape index (κ2) is 18.0. The summed E-state index contributed by atoms with van der Waals surface area (Å²) in [6.07, 6.45) is 0. The topological polar surface area (TPSA) is 32.3 Å².